The van der Waals surface area contributed by atoms with E-state index in [1.807, 2.05) is 36.5 Å². The number of ketones is 1. The van der Waals surface area contributed by atoms with E-state index in [4.69, 9.17) is 4.74 Å². The SMILES string of the molecule is CC(C)(C)OC(=O)N(CC(=O)N1CCC(C(=O)CC2c3ccccc3-c3cncn32)CC1)c1ccccc1. The lowest BCUT2D eigenvalue weighted by Gasteiger charge is -2.34. The third-order valence-corrected chi connectivity index (χ3v) is 7.27. The molecule has 2 aliphatic rings. The Bertz CT molecular complexity index is 1320. The van der Waals surface area contributed by atoms with Gasteiger partial charge < -0.3 is 14.2 Å². The number of imidazole rings is 1. The van der Waals surface area contributed by atoms with Crippen molar-refractivity contribution in [1.82, 2.24) is 14.5 Å². The Labute approximate surface area is 223 Å². The van der Waals surface area contributed by atoms with Gasteiger partial charge in [-0.05, 0) is 51.3 Å². The van der Waals surface area contributed by atoms with Gasteiger partial charge in [0, 0.05) is 36.7 Å². The molecule has 3 heterocycles. The van der Waals surface area contributed by atoms with Gasteiger partial charge in [-0.15, -0.1) is 0 Å². The molecule has 0 saturated carbocycles. The molecule has 0 spiro atoms. The summed E-state index contributed by atoms with van der Waals surface area (Å²) in [4.78, 5) is 46.9. The predicted octanol–water partition coefficient (Wildman–Crippen LogP) is 5.09. The number of para-hydroxylation sites is 1. The number of anilines is 1. The molecule has 0 aliphatic carbocycles. The van der Waals surface area contributed by atoms with Crippen molar-refractivity contribution in [2.75, 3.05) is 24.5 Å². The highest BCUT2D eigenvalue weighted by Gasteiger charge is 2.34. The molecule has 2 amide bonds. The topological polar surface area (TPSA) is 84.7 Å². The van der Waals surface area contributed by atoms with Gasteiger partial charge in [-0.1, -0.05) is 42.5 Å². The summed E-state index contributed by atoms with van der Waals surface area (Å²) < 4.78 is 7.66. The molecule has 3 aromatic rings. The van der Waals surface area contributed by atoms with Crippen LogP contribution >= 0.6 is 0 Å². The number of ether oxygens (including phenoxy) is 1. The number of rotatable bonds is 6. The van der Waals surface area contributed by atoms with E-state index in [0.29, 0.717) is 38.0 Å². The molecular formula is C30H34N4O4. The van der Waals surface area contributed by atoms with Crippen molar-refractivity contribution >= 4 is 23.5 Å². The molecule has 1 unspecified atom stereocenters. The van der Waals surface area contributed by atoms with Crippen LogP contribution in [0, 0.1) is 5.92 Å². The summed E-state index contributed by atoms with van der Waals surface area (Å²) in [5.74, 6) is -0.0219. The van der Waals surface area contributed by atoms with Crippen LogP contribution in [-0.4, -0.2) is 57.5 Å². The average molecular weight is 515 g/mol. The van der Waals surface area contributed by atoms with Gasteiger partial charge in [0.25, 0.3) is 0 Å². The van der Waals surface area contributed by atoms with Crippen LogP contribution < -0.4 is 4.90 Å². The Morgan fingerprint density at radius 1 is 1.00 bits per heavy atom. The van der Waals surface area contributed by atoms with Gasteiger partial charge in [0.2, 0.25) is 5.91 Å². The molecule has 0 bridgehead atoms. The van der Waals surface area contributed by atoms with Crippen LogP contribution in [0.25, 0.3) is 11.3 Å². The summed E-state index contributed by atoms with van der Waals surface area (Å²) in [6, 6.07) is 17.2. The van der Waals surface area contributed by atoms with Crippen LogP contribution in [0.3, 0.4) is 0 Å². The molecule has 5 rings (SSSR count). The zero-order valence-corrected chi connectivity index (χ0v) is 22.2. The maximum Gasteiger partial charge on any atom is 0.415 e. The normalized spacial score (nSPS) is 17.0. The summed E-state index contributed by atoms with van der Waals surface area (Å²) in [6.07, 6.45) is 4.75. The number of carbonyl (C=O) groups is 3. The lowest BCUT2D eigenvalue weighted by atomic mass is 9.87. The van der Waals surface area contributed by atoms with Crippen LogP contribution in [0.5, 0.6) is 0 Å². The largest absolute Gasteiger partial charge is 0.443 e. The lowest BCUT2D eigenvalue weighted by molar-refractivity contribution is -0.134. The molecule has 38 heavy (non-hydrogen) atoms. The number of Topliss-reactive ketones (excluding diaryl/α,β-unsaturated/α-hetero) is 1. The Morgan fingerprint density at radius 2 is 1.68 bits per heavy atom. The van der Waals surface area contributed by atoms with Gasteiger partial charge in [-0.3, -0.25) is 14.5 Å². The highest BCUT2D eigenvalue weighted by Crippen LogP contribution is 2.41. The van der Waals surface area contributed by atoms with E-state index in [1.165, 1.54) is 4.90 Å². The molecule has 2 aliphatic heterocycles. The number of piperidine rings is 1. The Hall–Kier alpha value is -3.94. The minimum Gasteiger partial charge on any atom is -0.443 e. The predicted molar refractivity (Wildman–Crippen MR) is 145 cm³/mol. The van der Waals surface area contributed by atoms with Crippen LogP contribution in [-0.2, 0) is 14.3 Å². The first-order chi connectivity index (χ1) is 18.2. The molecule has 0 radical (unpaired) electrons. The summed E-state index contributed by atoms with van der Waals surface area (Å²) in [5.41, 5.74) is 3.27. The summed E-state index contributed by atoms with van der Waals surface area (Å²) in [5, 5.41) is 0. The third kappa shape index (κ3) is 5.35. The van der Waals surface area contributed by atoms with Crippen molar-refractivity contribution in [2.24, 2.45) is 5.92 Å². The van der Waals surface area contributed by atoms with Crippen molar-refractivity contribution < 1.29 is 19.1 Å². The Kier molecular flexibility index (Phi) is 7.06. The van der Waals surface area contributed by atoms with E-state index >= 15 is 0 Å². The van der Waals surface area contributed by atoms with Crippen LogP contribution in [0.1, 0.15) is 51.6 Å². The number of hydrogen-bond donors (Lipinski definition) is 0. The van der Waals surface area contributed by atoms with E-state index in [0.717, 1.165) is 16.8 Å². The Morgan fingerprint density at radius 3 is 2.39 bits per heavy atom. The fourth-order valence-corrected chi connectivity index (χ4v) is 5.37. The van der Waals surface area contributed by atoms with Crippen molar-refractivity contribution in [2.45, 2.75) is 51.7 Å². The molecule has 1 aromatic heterocycles. The minimum absolute atomic E-state index is 0.0379. The summed E-state index contributed by atoms with van der Waals surface area (Å²) in [6.45, 7) is 6.27. The Balaban J connectivity index is 1.20. The summed E-state index contributed by atoms with van der Waals surface area (Å²) >= 11 is 0. The summed E-state index contributed by atoms with van der Waals surface area (Å²) in [7, 11) is 0. The van der Waals surface area contributed by atoms with Gasteiger partial charge in [-0.2, -0.15) is 0 Å². The zero-order chi connectivity index (χ0) is 26.9. The van der Waals surface area contributed by atoms with Gasteiger partial charge in [0.05, 0.1) is 24.3 Å². The molecule has 8 nitrogen and oxygen atoms in total. The highest BCUT2D eigenvalue weighted by molar-refractivity contribution is 5.95. The maximum atomic E-state index is 13.4. The van der Waals surface area contributed by atoms with E-state index in [-0.39, 0.29) is 30.2 Å². The number of aromatic nitrogens is 2. The molecule has 8 heteroatoms. The fraction of sp³-hybridized carbons (Fsp3) is 0.400. The molecular weight excluding hydrogens is 480 g/mol. The van der Waals surface area contributed by atoms with Crippen molar-refractivity contribution in [3.05, 3.63) is 72.7 Å². The van der Waals surface area contributed by atoms with E-state index in [2.05, 4.69) is 21.7 Å². The van der Waals surface area contributed by atoms with Gasteiger partial charge in [-0.25, -0.2) is 9.78 Å². The second-order valence-corrected chi connectivity index (χ2v) is 11.0. The van der Waals surface area contributed by atoms with E-state index in [1.54, 1.807) is 44.1 Å². The molecule has 1 saturated heterocycles. The van der Waals surface area contributed by atoms with Crippen LogP contribution in [0.4, 0.5) is 10.5 Å². The third-order valence-electron chi connectivity index (χ3n) is 7.27. The fourth-order valence-electron chi connectivity index (χ4n) is 5.37. The smallest absolute Gasteiger partial charge is 0.415 e. The molecule has 0 N–H and O–H groups in total. The van der Waals surface area contributed by atoms with Crippen molar-refractivity contribution in [1.29, 1.82) is 0 Å². The van der Waals surface area contributed by atoms with Crippen molar-refractivity contribution in [3.63, 3.8) is 0 Å². The molecule has 2 aromatic carbocycles. The lowest BCUT2D eigenvalue weighted by Crippen LogP contribution is -2.47. The quantitative estimate of drug-likeness (QED) is 0.457. The number of benzene rings is 2. The molecule has 1 atom stereocenters. The highest BCUT2D eigenvalue weighted by atomic mass is 16.6. The number of carbonyl (C=O) groups excluding carboxylic acids is 3. The number of likely N-dealkylation sites (tertiary alicyclic amines) is 1. The van der Waals surface area contributed by atoms with Crippen LogP contribution in [0.2, 0.25) is 0 Å². The number of amides is 2. The van der Waals surface area contributed by atoms with E-state index < -0.39 is 11.7 Å². The molecule has 1 fully saturated rings. The first-order valence-electron chi connectivity index (χ1n) is 13.2. The maximum absolute atomic E-state index is 13.4. The minimum atomic E-state index is -0.677. The van der Waals surface area contributed by atoms with Crippen LogP contribution in [0.15, 0.2) is 67.1 Å². The van der Waals surface area contributed by atoms with Gasteiger partial charge in [0.1, 0.15) is 17.9 Å². The second kappa shape index (κ2) is 10.4. The second-order valence-electron chi connectivity index (χ2n) is 11.0. The van der Waals surface area contributed by atoms with E-state index in [9.17, 15) is 14.4 Å². The number of hydrogen-bond acceptors (Lipinski definition) is 5. The number of fused-ring (bicyclic) bond motifs is 3. The van der Waals surface area contributed by atoms with Gasteiger partial charge >= 0.3 is 6.09 Å². The first-order valence-corrected chi connectivity index (χ1v) is 13.2. The van der Waals surface area contributed by atoms with Gasteiger partial charge in [0.15, 0.2) is 0 Å². The molecule has 198 valence electrons. The monoisotopic (exact) mass is 514 g/mol. The standard InChI is InChI=1S/C30H34N4O4/c1-30(2,3)38-29(37)33(22-9-5-4-6-10-22)19-28(36)32-15-13-21(14-16-32)27(35)17-25-23-11-7-8-12-24(23)26-18-31-20-34(25)26/h4-12,18,20-21,25H,13-17,19H2,1-3H3. The van der Waals surface area contributed by atoms with Crippen molar-refractivity contribution in [3.8, 4) is 11.3 Å². The zero-order valence-electron chi connectivity index (χ0n) is 22.2. The average Bonchev–Trinajstić information content (AvgIpc) is 3.49. The number of nitrogens with zero attached hydrogens (tertiary/aromatic N) is 4. The first kappa shape index (κ1) is 25.7.